The van der Waals surface area contributed by atoms with E-state index < -0.39 is 5.60 Å². The summed E-state index contributed by atoms with van der Waals surface area (Å²) in [5.74, 6) is 0.0816. The molecule has 1 aliphatic carbocycles. The fraction of sp³-hybridized carbons (Fsp3) is 0.571. The lowest BCUT2D eigenvalue weighted by molar-refractivity contribution is 0.00131. The Bertz CT molecular complexity index is 414. The molecule has 0 heterocycles. The van der Waals surface area contributed by atoms with E-state index in [0.717, 1.165) is 25.7 Å². The largest absolute Gasteiger partial charge is 0.490 e. The second-order valence-electron chi connectivity index (χ2n) is 5.19. The molecule has 100 valence electrons. The average molecular weight is 253 g/mol. The van der Waals surface area contributed by atoms with Gasteiger partial charge in [0.05, 0.1) is 5.60 Å². The Hall–Kier alpha value is -1.13. The zero-order valence-corrected chi connectivity index (χ0v) is 10.7. The van der Waals surface area contributed by atoms with E-state index in [0.29, 0.717) is 11.3 Å². The zero-order valence-electron chi connectivity index (χ0n) is 10.7. The molecule has 2 rings (SSSR count). The molecule has 1 aliphatic rings. The molecule has 1 saturated carbocycles. The quantitative estimate of drug-likeness (QED) is 0.867. The van der Waals surface area contributed by atoms with E-state index in [4.69, 9.17) is 10.5 Å². The van der Waals surface area contributed by atoms with Gasteiger partial charge in [-0.25, -0.2) is 4.39 Å². The van der Waals surface area contributed by atoms with Crippen LogP contribution in [0.5, 0.6) is 5.75 Å². The minimum atomic E-state index is -0.740. The van der Waals surface area contributed by atoms with Crippen LogP contribution in [0.15, 0.2) is 18.2 Å². The molecule has 1 fully saturated rings. The van der Waals surface area contributed by atoms with E-state index in [1.807, 2.05) is 0 Å². The van der Waals surface area contributed by atoms with Gasteiger partial charge in [0.2, 0.25) is 0 Å². The summed E-state index contributed by atoms with van der Waals surface area (Å²) in [4.78, 5) is 0. The fourth-order valence-corrected chi connectivity index (χ4v) is 2.36. The molecule has 0 amide bonds. The summed E-state index contributed by atoms with van der Waals surface area (Å²) in [6.07, 6.45) is 3.57. The molecule has 1 aromatic carbocycles. The number of nitrogens with two attached hydrogens (primary N) is 1. The molecule has 0 spiro atoms. The van der Waals surface area contributed by atoms with Gasteiger partial charge in [-0.1, -0.05) is 18.9 Å². The molecule has 0 bridgehead atoms. The number of rotatable bonds is 4. The van der Waals surface area contributed by atoms with Crippen molar-refractivity contribution in [3.63, 3.8) is 0 Å². The Balaban J connectivity index is 2.00. The first-order valence-electron chi connectivity index (χ1n) is 6.40. The van der Waals surface area contributed by atoms with Gasteiger partial charge in [0.15, 0.2) is 0 Å². The van der Waals surface area contributed by atoms with Gasteiger partial charge < -0.3 is 15.6 Å². The van der Waals surface area contributed by atoms with E-state index in [1.165, 1.54) is 6.07 Å². The number of halogens is 1. The Morgan fingerprint density at radius 3 is 2.67 bits per heavy atom. The topological polar surface area (TPSA) is 55.5 Å². The van der Waals surface area contributed by atoms with Gasteiger partial charge in [-0.05, 0) is 25.8 Å². The van der Waals surface area contributed by atoms with E-state index in [1.54, 1.807) is 19.1 Å². The van der Waals surface area contributed by atoms with Crippen LogP contribution in [0.3, 0.4) is 0 Å². The van der Waals surface area contributed by atoms with E-state index in [-0.39, 0.29) is 18.5 Å². The lowest BCUT2D eigenvalue weighted by Crippen LogP contribution is -2.32. The van der Waals surface area contributed by atoms with Gasteiger partial charge in [-0.3, -0.25) is 0 Å². The lowest BCUT2D eigenvalue weighted by atomic mass is 10.0. The Morgan fingerprint density at radius 2 is 2.11 bits per heavy atom. The summed E-state index contributed by atoms with van der Waals surface area (Å²) in [5, 5.41) is 10.1. The maximum Gasteiger partial charge on any atom is 0.131 e. The van der Waals surface area contributed by atoms with Gasteiger partial charge in [-0.2, -0.15) is 0 Å². The van der Waals surface area contributed by atoms with E-state index in [9.17, 15) is 9.50 Å². The first kappa shape index (κ1) is 13.3. The maximum atomic E-state index is 13.7. The number of hydrogen-bond acceptors (Lipinski definition) is 3. The standard InChI is InChI=1S/C14H20FNO2/c1-10(16)12-5-4-11(8-13(12)15)18-9-14(17)6-2-3-7-14/h4-5,8,10,17H,2-3,6-7,9,16H2,1H3/t10-/m0/s1. The van der Waals surface area contributed by atoms with Crippen LogP contribution in [0.4, 0.5) is 4.39 Å². The zero-order chi connectivity index (χ0) is 13.2. The molecule has 1 aromatic rings. The van der Waals surface area contributed by atoms with Crippen LogP contribution in [-0.4, -0.2) is 17.3 Å². The molecule has 0 aliphatic heterocycles. The lowest BCUT2D eigenvalue weighted by Gasteiger charge is -2.22. The minimum Gasteiger partial charge on any atom is -0.490 e. The number of hydrogen-bond donors (Lipinski definition) is 2. The van der Waals surface area contributed by atoms with Crippen LogP contribution >= 0.6 is 0 Å². The first-order chi connectivity index (χ1) is 8.50. The third kappa shape index (κ3) is 3.00. The van der Waals surface area contributed by atoms with Gasteiger partial charge >= 0.3 is 0 Å². The molecule has 18 heavy (non-hydrogen) atoms. The summed E-state index contributed by atoms with van der Waals surface area (Å²) in [5.41, 5.74) is 5.37. The van der Waals surface area contributed by atoms with Crippen molar-refractivity contribution in [2.45, 2.75) is 44.2 Å². The monoisotopic (exact) mass is 253 g/mol. The van der Waals surface area contributed by atoms with Crippen molar-refractivity contribution in [3.05, 3.63) is 29.6 Å². The first-order valence-corrected chi connectivity index (χ1v) is 6.40. The number of ether oxygens (including phenoxy) is 1. The van der Waals surface area contributed by atoms with Crippen molar-refractivity contribution in [2.75, 3.05) is 6.61 Å². The normalized spacial score (nSPS) is 19.8. The highest BCUT2D eigenvalue weighted by molar-refractivity contribution is 5.30. The molecule has 3 N–H and O–H groups in total. The van der Waals surface area contributed by atoms with Crippen LogP contribution in [-0.2, 0) is 0 Å². The van der Waals surface area contributed by atoms with Gasteiger partial charge in [0, 0.05) is 17.7 Å². The number of benzene rings is 1. The molecule has 3 nitrogen and oxygen atoms in total. The predicted molar refractivity (Wildman–Crippen MR) is 67.9 cm³/mol. The molecular weight excluding hydrogens is 233 g/mol. The van der Waals surface area contributed by atoms with Crippen LogP contribution in [0.1, 0.15) is 44.2 Å². The van der Waals surface area contributed by atoms with Crippen molar-refractivity contribution in [3.8, 4) is 5.75 Å². The van der Waals surface area contributed by atoms with Crippen molar-refractivity contribution in [1.82, 2.24) is 0 Å². The highest BCUT2D eigenvalue weighted by Crippen LogP contribution is 2.30. The molecule has 1 atom stereocenters. The van der Waals surface area contributed by atoms with Crippen molar-refractivity contribution < 1.29 is 14.2 Å². The smallest absolute Gasteiger partial charge is 0.131 e. The van der Waals surface area contributed by atoms with Gasteiger partial charge in [-0.15, -0.1) is 0 Å². The van der Waals surface area contributed by atoms with Crippen LogP contribution in [0.2, 0.25) is 0 Å². The number of aliphatic hydroxyl groups is 1. The molecular formula is C14H20FNO2. The van der Waals surface area contributed by atoms with Crippen LogP contribution < -0.4 is 10.5 Å². The van der Waals surface area contributed by atoms with Crippen LogP contribution in [0, 0.1) is 5.82 Å². The fourth-order valence-electron chi connectivity index (χ4n) is 2.36. The average Bonchev–Trinajstić information content (AvgIpc) is 2.74. The van der Waals surface area contributed by atoms with Crippen molar-refractivity contribution >= 4 is 0 Å². The summed E-state index contributed by atoms with van der Waals surface area (Å²) < 4.78 is 19.2. The second-order valence-corrected chi connectivity index (χ2v) is 5.19. The predicted octanol–water partition coefficient (Wildman–Crippen LogP) is 2.53. The molecule has 0 radical (unpaired) electrons. The Labute approximate surface area is 107 Å². The van der Waals surface area contributed by atoms with Crippen LogP contribution in [0.25, 0.3) is 0 Å². The van der Waals surface area contributed by atoms with Crippen molar-refractivity contribution in [1.29, 1.82) is 0 Å². The molecule has 0 aromatic heterocycles. The summed E-state index contributed by atoms with van der Waals surface area (Å²) in [6.45, 7) is 1.96. The summed E-state index contributed by atoms with van der Waals surface area (Å²) in [7, 11) is 0. The molecule has 0 unspecified atom stereocenters. The third-order valence-electron chi connectivity index (χ3n) is 3.50. The third-order valence-corrected chi connectivity index (χ3v) is 3.50. The molecule has 4 heteroatoms. The molecule has 0 saturated heterocycles. The minimum absolute atomic E-state index is 0.226. The second kappa shape index (κ2) is 5.24. The highest BCUT2D eigenvalue weighted by Gasteiger charge is 2.31. The summed E-state index contributed by atoms with van der Waals surface area (Å²) in [6, 6.07) is 4.32. The Morgan fingerprint density at radius 1 is 1.44 bits per heavy atom. The maximum absolute atomic E-state index is 13.7. The highest BCUT2D eigenvalue weighted by atomic mass is 19.1. The van der Waals surface area contributed by atoms with E-state index in [2.05, 4.69) is 0 Å². The van der Waals surface area contributed by atoms with Gasteiger partial charge in [0.25, 0.3) is 0 Å². The SMILES string of the molecule is C[C@H](N)c1ccc(OCC2(O)CCCC2)cc1F. The van der Waals surface area contributed by atoms with Crippen molar-refractivity contribution in [2.24, 2.45) is 5.73 Å². The summed E-state index contributed by atoms with van der Waals surface area (Å²) >= 11 is 0. The van der Waals surface area contributed by atoms with E-state index >= 15 is 0 Å². The Kier molecular flexibility index (Phi) is 3.88. The van der Waals surface area contributed by atoms with Gasteiger partial charge in [0.1, 0.15) is 18.2 Å².